The van der Waals surface area contributed by atoms with Gasteiger partial charge >= 0.3 is 0 Å². The highest BCUT2D eigenvalue weighted by Crippen LogP contribution is 2.39. The second-order valence-electron chi connectivity index (χ2n) is 2.79. The highest BCUT2D eigenvalue weighted by Gasteiger charge is 2.51. The number of fused-ring (bicyclic) bond motifs is 1. The van der Waals surface area contributed by atoms with Crippen molar-refractivity contribution in [3.63, 3.8) is 0 Å². The molecule has 2 fully saturated rings. The van der Waals surface area contributed by atoms with Crippen LogP contribution in [0.25, 0.3) is 0 Å². The van der Waals surface area contributed by atoms with Gasteiger partial charge in [0.25, 0.3) is 6.48 Å². The Morgan fingerprint density at radius 3 is 3.00 bits per heavy atom. The van der Waals surface area contributed by atoms with Gasteiger partial charge in [0.05, 0.1) is 0 Å². The third-order valence-corrected chi connectivity index (χ3v) is 2.09. The van der Waals surface area contributed by atoms with Crippen LogP contribution in [0.5, 0.6) is 0 Å². The van der Waals surface area contributed by atoms with Crippen LogP contribution in [0.3, 0.4) is 0 Å². The third-order valence-electron chi connectivity index (χ3n) is 2.09. The first kappa shape index (κ1) is 6.54. The first-order valence-electron chi connectivity index (χ1n) is 3.44. The molecule has 3 unspecified atom stereocenters. The van der Waals surface area contributed by atoms with Gasteiger partial charge in [0.15, 0.2) is 5.79 Å². The molecule has 0 spiro atoms. The minimum absolute atomic E-state index is 0.317. The molecule has 10 heavy (non-hydrogen) atoms. The lowest BCUT2D eigenvalue weighted by Gasteiger charge is -2.17. The van der Waals surface area contributed by atoms with Crippen LogP contribution in [0.1, 0.15) is 19.3 Å². The standard InChI is InChI=1S/C6H10O4/c7-5-9-4-2-1-3-6(4,8)10-5/h4-5,7-8H,1-3H2. The predicted molar refractivity (Wildman–Crippen MR) is 30.8 cm³/mol. The summed E-state index contributed by atoms with van der Waals surface area (Å²) in [5.41, 5.74) is 0. The van der Waals surface area contributed by atoms with Crippen molar-refractivity contribution in [1.29, 1.82) is 0 Å². The molecular formula is C6H10O4. The third kappa shape index (κ3) is 0.769. The maximum Gasteiger partial charge on any atom is 0.272 e. The molecule has 0 bridgehead atoms. The zero-order chi connectivity index (χ0) is 7.19. The lowest BCUT2D eigenvalue weighted by atomic mass is 10.2. The first-order valence-corrected chi connectivity index (χ1v) is 3.44. The van der Waals surface area contributed by atoms with Crippen LogP contribution >= 0.6 is 0 Å². The number of aliphatic hydroxyl groups is 2. The monoisotopic (exact) mass is 146 g/mol. The van der Waals surface area contributed by atoms with E-state index in [1.165, 1.54) is 0 Å². The fraction of sp³-hybridized carbons (Fsp3) is 1.00. The fourth-order valence-electron chi connectivity index (χ4n) is 1.58. The molecule has 2 rings (SSSR count). The lowest BCUT2D eigenvalue weighted by molar-refractivity contribution is -0.264. The molecule has 1 aliphatic carbocycles. The molecular weight excluding hydrogens is 136 g/mol. The van der Waals surface area contributed by atoms with E-state index in [2.05, 4.69) is 0 Å². The van der Waals surface area contributed by atoms with Gasteiger partial charge in [-0.1, -0.05) is 0 Å². The lowest BCUT2D eigenvalue weighted by Crippen LogP contribution is -2.34. The Morgan fingerprint density at radius 2 is 2.30 bits per heavy atom. The van der Waals surface area contributed by atoms with E-state index in [1.54, 1.807) is 0 Å². The number of aliphatic hydroxyl groups excluding tert-OH is 1. The van der Waals surface area contributed by atoms with Crippen molar-refractivity contribution in [3.8, 4) is 0 Å². The van der Waals surface area contributed by atoms with Crippen molar-refractivity contribution in [2.45, 2.75) is 37.6 Å². The highest BCUT2D eigenvalue weighted by atomic mass is 16.9. The van der Waals surface area contributed by atoms with Crippen LogP contribution in [0.2, 0.25) is 0 Å². The Hall–Kier alpha value is -0.160. The Balaban J connectivity index is 2.15. The molecule has 2 aliphatic rings. The Labute approximate surface area is 58.4 Å². The van der Waals surface area contributed by atoms with E-state index in [1.807, 2.05) is 0 Å². The quantitative estimate of drug-likeness (QED) is 0.486. The van der Waals surface area contributed by atoms with Gasteiger partial charge < -0.3 is 14.9 Å². The van der Waals surface area contributed by atoms with Crippen molar-refractivity contribution < 1.29 is 19.7 Å². The Kier molecular flexibility index (Phi) is 1.25. The van der Waals surface area contributed by atoms with Gasteiger partial charge in [-0.15, -0.1) is 0 Å². The van der Waals surface area contributed by atoms with E-state index in [0.29, 0.717) is 6.42 Å². The summed E-state index contributed by atoms with van der Waals surface area (Å²) in [6, 6.07) is 0. The zero-order valence-electron chi connectivity index (χ0n) is 5.49. The van der Waals surface area contributed by atoms with Crippen LogP contribution in [0.15, 0.2) is 0 Å². The number of hydrogen-bond donors (Lipinski definition) is 2. The highest BCUT2D eigenvalue weighted by molar-refractivity contribution is 4.88. The van der Waals surface area contributed by atoms with E-state index in [0.717, 1.165) is 12.8 Å². The van der Waals surface area contributed by atoms with Crippen LogP contribution in [0, 0.1) is 0 Å². The van der Waals surface area contributed by atoms with E-state index in [9.17, 15) is 5.11 Å². The van der Waals surface area contributed by atoms with Crippen molar-refractivity contribution in [2.24, 2.45) is 0 Å². The molecule has 1 heterocycles. The van der Waals surface area contributed by atoms with E-state index in [-0.39, 0.29) is 6.10 Å². The summed E-state index contributed by atoms with van der Waals surface area (Å²) < 4.78 is 9.63. The zero-order valence-corrected chi connectivity index (χ0v) is 5.49. The molecule has 0 radical (unpaired) electrons. The molecule has 2 N–H and O–H groups in total. The molecule has 58 valence electrons. The van der Waals surface area contributed by atoms with Gasteiger partial charge in [-0.05, 0) is 12.8 Å². The summed E-state index contributed by atoms with van der Waals surface area (Å²) in [6.45, 7) is -1.23. The number of ether oxygens (including phenoxy) is 2. The van der Waals surface area contributed by atoms with Crippen LogP contribution in [-0.4, -0.2) is 28.6 Å². The van der Waals surface area contributed by atoms with E-state index >= 15 is 0 Å². The molecule has 0 aromatic heterocycles. The largest absolute Gasteiger partial charge is 0.363 e. The number of hydrogen-bond acceptors (Lipinski definition) is 4. The van der Waals surface area contributed by atoms with Crippen molar-refractivity contribution in [2.75, 3.05) is 0 Å². The van der Waals surface area contributed by atoms with Gasteiger partial charge in [0, 0.05) is 6.42 Å². The second-order valence-corrected chi connectivity index (χ2v) is 2.79. The maximum atomic E-state index is 9.49. The molecule has 0 aromatic rings. The molecule has 4 nitrogen and oxygen atoms in total. The number of rotatable bonds is 0. The van der Waals surface area contributed by atoms with Crippen molar-refractivity contribution >= 4 is 0 Å². The van der Waals surface area contributed by atoms with E-state index < -0.39 is 12.3 Å². The maximum absolute atomic E-state index is 9.49. The van der Waals surface area contributed by atoms with E-state index in [4.69, 9.17) is 14.6 Å². The van der Waals surface area contributed by atoms with Crippen molar-refractivity contribution in [1.82, 2.24) is 0 Å². The Bertz CT molecular complexity index is 149. The molecule has 1 aliphatic heterocycles. The summed E-state index contributed by atoms with van der Waals surface area (Å²) in [7, 11) is 0. The molecule has 4 heteroatoms. The minimum Gasteiger partial charge on any atom is -0.363 e. The van der Waals surface area contributed by atoms with Gasteiger partial charge in [-0.2, -0.15) is 0 Å². The summed E-state index contributed by atoms with van der Waals surface area (Å²) in [4.78, 5) is 0. The topological polar surface area (TPSA) is 58.9 Å². The van der Waals surface area contributed by atoms with Crippen LogP contribution in [-0.2, 0) is 9.47 Å². The Morgan fingerprint density at radius 1 is 1.50 bits per heavy atom. The van der Waals surface area contributed by atoms with Crippen molar-refractivity contribution in [3.05, 3.63) is 0 Å². The summed E-state index contributed by atoms with van der Waals surface area (Å²) >= 11 is 0. The molecule has 1 saturated carbocycles. The summed E-state index contributed by atoms with van der Waals surface area (Å²) in [5.74, 6) is -1.20. The minimum atomic E-state index is -1.23. The van der Waals surface area contributed by atoms with Gasteiger partial charge in [0.2, 0.25) is 0 Å². The predicted octanol–water partition coefficient (Wildman–Crippen LogP) is -0.450. The summed E-state index contributed by atoms with van der Waals surface area (Å²) in [5, 5.41) is 18.3. The van der Waals surface area contributed by atoms with Gasteiger partial charge in [0.1, 0.15) is 6.10 Å². The average molecular weight is 146 g/mol. The molecule has 3 atom stereocenters. The SMILES string of the molecule is OC1OC2CCCC2(O)O1. The molecule has 0 aromatic carbocycles. The van der Waals surface area contributed by atoms with Crippen LogP contribution in [0.4, 0.5) is 0 Å². The van der Waals surface area contributed by atoms with Gasteiger partial charge in [-0.3, -0.25) is 4.74 Å². The average Bonchev–Trinajstić information content (AvgIpc) is 2.20. The van der Waals surface area contributed by atoms with Gasteiger partial charge in [-0.25, -0.2) is 0 Å². The first-order chi connectivity index (χ1) is 4.71. The van der Waals surface area contributed by atoms with Crippen LogP contribution < -0.4 is 0 Å². The normalized spacial score (nSPS) is 53.4. The fourth-order valence-corrected chi connectivity index (χ4v) is 1.58. The molecule has 1 saturated heterocycles. The second kappa shape index (κ2) is 1.92. The summed E-state index contributed by atoms with van der Waals surface area (Å²) in [6.07, 6.45) is 1.92. The smallest absolute Gasteiger partial charge is 0.272 e. The molecule has 0 amide bonds.